The van der Waals surface area contributed by atoms with Gasteiger partial charge in [0.05, 0.1) is 13.2 Å². The van der Waals surface area contributed by atoms with Crippen LogP contribution in [0.4, 0.5) is 0 Å². The predicted molar refractivity (Wildman–Crippen MR) is 75.9 cm³/mol. The molecule has 0 unspecified atom stereocenters. The molecule has 19 heavy (non-hydrogen) atoms. The van der Waals surface area contributed by atoms with E-state index in [-0.39, 0.29) is 5.41 Å². The van der Waals surface area contributed by atoms with Gasteiger partial charge in [0.2, 0.25) is 0 Å². The van der Waals surface area contributed by atoms with Gasteiger partial charge in [-0.15, -0.1) is 6.58 Å². The summed E-state index contributed by atoms with van der Waals surface area (Å²) in [6.07, 6.45) is 2.92. The molecule has 1 aliphatic carbocycles. The van der Waals surface area contributed by atoms with Crippen LogP contribution in [0.1, 0.15) is 31.7 Å². The Morgan fingerprint density at radius 1 is 1.21 bits per heavy atom. The Labute approximate surface area is 115 Å². The second kappa shape index (κ2) is 4.46. The van der Waals surface area contributed by atoms with Crippen molar-refractivity contribution in [2.24, 2.45) is 11.3 Å². The van der Waals surface area contributed by atoms with Crippen molar-refractivity contribution in [3.05, 3.63) is 48.6 Å². The van der Waals surface area contributed by atoms with Gasteiger partial charge in [0.15, 0.2) is 5.79 Å². The van der Waals surface area contributed by atoms with Crippen molar-refractivity contribution < 1.29 is 9.47 Å². The summed E-state index contributed by atoms with van der Waals surface area (Å²) < 4.78 is 12.3. The van der Waals surface area contributed by atoms with Gasteiger partial charge in [0.1, 0.15) is 0 Å². The van der Waals surface area contributed by atoms with Crippen LogP contribution in [0.15, 0.2) is 43.0 Å². The van der Waals surface area contributed by atoms with Gasteiger partial charge in [0.25, 0.3) is 0 Å². The van der Waals surface area contributed by atoms with E-state index in [4.69, 9.17) is 9.47 Å². The van der Waals surface area contributed by atoms with Crippen molar-refractivity contribution in [2.75, 3.05) is 13.2 Å². The maximum absolute atomic E-state index is 6.15. The third-order valence-electron chi connectivity index (χ3n) is 4.20. The van der Waals surface area contributed by atoms with E-state index in [1.54, 1.807) is 0 Å². The van der Waals surface area contributed by atoms with Crippen LogP contribution in [-0.4, -0.2) is 19.0 Å². The Kier molecular flexibility index (Phi) is 3.03. The first-order valence-electron chi connectivity index (χ1n) is 7.03. The van der Waals surface area contributed by atoms with E-state index in [9.17, 15) is 0 Å². The molecule has 2 aliphatic rings. The Bertz CT molecular complexity index is 453. The number of ether oxygens (including phenoxy) is 2. The molecule has 0 aromatic heterocycles. The van der Waals surface area contributed by atoms with E-state index < -0.39 is 5.79 Å². The Hall–Kier alpha value is -1.12. The third kappa shape index (κ3) is 2.13. The summed E-state index contributed by atoms with van der Waals surface area (Å²) in [6, 6.07) is 10.6. The minimum atomic E-state index is -0.398. The first-order valence-corrected chi connectivity index (χ1v) is 7.03. The molecule has 3 rings (SSSR count). The molecule has 0 bridgehead atoms. The smallest absolute Gasteiger partial charge is 0.179 e. The first-order chi connectivity index (χ1) is 9.09. The molecule has 1 saturated heterocycles. The summed E-state index contributed by atoms with van der Waals surface area (Å²) in [6.45, 7) is 9.77. The number of allylic oxidation sites excluding steroid dienone is 1. The quantitative estimate of drug-likeness (QED) is 0.769. The average Bonchev–Trinajstić information content (AvgIpc) is 3.03. The molecule has 1 spiro atoms. The van der Waals surface area contributed by atoms with Crippen LogP contribution >= 0.6 is 0 Å². The minimum absolute atomic E-state index is 0.119. The van der Waals surface area contributed by atoms with E-state index >= 15 is 0 Å². The highest BCUT2D eigenvalue weighted by Crippen LogP contribution is 2.64. The molecule has 0 N–H and O–H groups in total. The summed E-state index contributed by atoms with van der Waals surface area (Å²) in [5, 5.41) is 0. The molecule has 0 radical (unpaired) electrons. The van der Waals surface area contributed by atoms with Crippen molar-refractivity contribution in [1.29, 1.82) is 0 Å². The minimum Gasteiger partial charge on any atom is -0.348 e. The van der Waals surface area contributed by atoms with E-state index in [2.05, 4.69) is 44.7 Å². The SMILES string of the molecule is C=CC[C@H]1[C@@H](c2ccccc2)C12OCC(C)(C)CO2. The fourth-order valence-corrected chi connectivity index (χ4v) is 3.11. The van der Waals surface area contributed by atoms with E-state index in [0.717, 1.165) is 19.6 Å². The van der Waals surface area contributed by atoms with Crippen LogP contribution in [-0.2, 0) is 9.47 Å². The van der Waals surface area contributed by atoms with Gasteiger partial charge in [-0.05, 0) is 12.0 Å². The lowest BCUT2D eigenvalue weighted by molar-refractivity contribution is -0.252. The van der Waals surface area contributed by atoms with E-state index in [1.165, 1.54) is 5.56 Å². The van der Waals surface area contributed by atoms with Crippen LogP contribution in [0.5, 0.6) is 0 Å². The van der Waals surface area contributed by atoms with Gasteiger partial charge in [-0.2, -0.15) is 0 Å². The molecule has 1 heterocycles. The lowest BCUT2D eigenvalue weighted by atomic mass is 9.95. The first kappa shape index (κ1) is 12.9. The Balaban J connectivity index is 1.83. The molecular weight excluding hydrogens is 236 g/mol. The largest absolute Gasteiger partial charge is 0.348 e. The van der Waals surface area contributed by atoms with E-state index in [1.807, 2.05) is 12.1 Å². The summed E-state index contributed by atoms with van der Waals surface area (Å²) in [4.78, 5) is 0. The zero-order chi connectivity index (χ0) is 13.5. The summed E-state index contributed by atoms with van der Waals surface area (Å²) >= 11 is 0. The molecule has 1 aromatic rings. The van der Waals surface area contributed by atoms with Crippen molar-refractivity contribution in [3.63, 3.8) is 0 Å². The number of rotatable bonds is 3. The highest BCUT2D eigenvalue weighted by atomic mass is 16.7. The maximum atomic E-state index is 6.15. The number of hydrogen-bond acceptors (Lipinski definition) is 2. The normalized spacial score (nSPS) is 31.1. The van der Waals surface area contributed by atoms with Crippen LogP contribution in [0, 0.1) is 11.3 Å². The van der Waals surface area contributed by atoms with Crippen LogP contribution in [0.3, 0.4) is 0 Å². The average molecular weight is 258 g/mol. The van der Waals surface area contributed by atoms with Gasteiger partial charge in [-0.3, -0.25) is 0 Å². The summed E-state index contributed by atoms with van der Waals surface area (Å²) in [5.74, 6) is 0.358. The lowest BCUT2D eigenvalue weighted by Gasteiger charge is -2.36. The van der Waals surface area contributed by atoms with Crippen molar-refractivity contribution >= 4 is 0 Å². The van der Waals surface area contributed by atoms with Crippen LogP contribution < -0.4 is 0 Å². The van der Waals surface area contributed by atoms with Gasteiger partial charge in [-0.25, -0.2) is 0 Å². The molecule has 1 aromatic carbocycles. The molecule has 1 aliphatic heterocycles. The van der Waals surface area contributed by atoms with Gasteiger partial charge in [0, 0.05) is 17.3 Å². The molecule has 2 nitrogen and oxygen atoms in total. The lowest BCUT2D eigenvalue weighted by Crippen LogP contribution is -2.41. The molecular formula is C17H22O2. The van der Waals surface area contributed by atoms with E-state index in [0.29, 0.717) is 11.8 Å². The van der Waals surface area contributed by atoms with Crippen molar-refractivity contribution in [1.82, 2.24) is 0 Å². The van der Waals surface area contributed by atoms with Crippen LogP contribution in [0.2, 0.25) is 0 Å². The zero-order valence-electron chi connectivity index (χ0n) is 11.8. The van der Waals surface area contributed by atoms with Gasteiger partial charge >= 0.3 is 0 Å². The topological polar surface area (TPSA) is 18.5 Å². The van der Waals surface area contributed by atoms with Crippen molar-refractivity contribution in [3.8, 4) is 0 Å². The zero-order valence-corrected chi connectivity index (χ0v) is 11.8. The molecule has 2 atom stereocenters. The molecule has 2 fully saturated rings. The second-order valence-electron chi connectivity index (χ2n) is 6.48. The second-order valence-corrected chi connectivity index (χ2v) is 6.48. The highest BCUT2D eigenvalue weighted by molar-refractivity contribution is 5.33. The van der Waals surface area contributed by atoms with Crippen molar-refractivity contribution in [2.45, 2.75) is 32.0 Å². The summed E-state index contributed by atoms with van der Waals surface area (Å²) in [5.41, 5.74) is 1.43. The Morgan fingerprint density at radius 3 is 2.42 bits per heavy atom. The maximum Gasteiger partial charge on any atom is 0.179 e. The fourth-order valence-electron chi connectivity index (χ4n) is 3.11. The molecule has 2 heteroatoms. The molecule has 0 amide bonds. The third-order valence-corrected chi connectivity index (χ3v) is 4.20. The fraction of sp³-hybridized carbons (Fsp3) is 0.529. The Morgan fingerprint density at radius 2 is 1.84 bits per heavy atom. The monoisotopic (exact) mass is 258 g/mol. The standard InChI is InChI=1S/C17H22O2/c1-4-8-14-15(13-9-6-5-7-10-13)17(14)18-11-16(2,3)12-19-17/h4-7,9-10,14-15H,1,8,11-12H2,2-3H3/t14-,15+/m0/s1. The predicted octanol–water partition coefficient (Wildman–Crippen LogP) is 3.75. The summed E-state index contributed by atoms with van der Waals surface area (Å²) in [7, 11) is 0. The number of hydrogen-bond donors (Lipinski definition) is 0. The van der Waals surface area contributed by atoms with Crippen LogP contribution in [0.25, 0.3) is 0 Å². The highest BCUT2D eigenvalue weighted by Gasteiger charge is 2.69. The number of benzene rings is 1. The molecule has 1 saturated carbocycles. The molecule has 102 valence electrons. The van der Waals surface area contributed by atoms with Gasteiger partial charge < -0.3 is 9.47 Å². The van der Waals surface area contributed by atoms with Gasteiger partial charge in [-0.1, -0.05) is 50.3 Å².